The van der Waals surface area contributed by atoms with Gasteiger partial charge in [0.15, 0.2) is 0 Å². The zero-order chi connectivity index (χ0) is 20.6. The maximum atomic E-state index is 13.8. The zero-order valence-corrected chi connectivity index (χ0v) is 16.1. The Morgan fingerprint density at radius 3 is 2.55 bits per heavy atom. The Bertz CT molecular complexity index is 994. The molecule has 8 heteroatoms. The topological polar surface area (TPSA) is 88.9 Å². The molecule has 2 aromatic carbocycles. The Balaban J connectivity index is 1.77. The first-order valence-electron chi connectivity index (χ1n) is 8.90. The van der Waals surface area contributed by atoms with Crippen LogP contribution in [0.25, 0.3) is 11.3 Å². The van der Waals surface area contributed by atoms with Gasteiger partial charge in [0.2, 0.25) is 0 Å². The summed E-state index contributed by atoms with van der Waals surface area (Å²) in [5, 5.41) is 14.8. The summed E-state index contributed by atoms with van der Waals surface area (Å²) in [6.45, 7) is 0.651. The van der Waals surface area contributed by atoms with E-state index in [2.05, 4.69) is 20.4 Å². The van der Waals surface area contributed by atoms with Crippen LogP contribution in [0.3, 0.4) is 0 Å². The Kier molecular flexibility index (Phi) is 6.57. The average Bonchev–Trinajstić information content (AvgIpc) is 2.75. The molecule has 0 bridgehead atoms. The van der Waals surface area contributed by atoms with Gasteiger partial charge in [-0.25, -0.2) is 4.39 Å². The molecule has 3 aromatic rings. The summed E-state index contributed by atoms with van der Waals surface area (Å²) >= 11 is 0. The van der Waals surface area contributed by atoms with Crippen molar-refractivity contribution in [1.29, 1.82) is 0 Å². The fourth-order valence-electron chi connectivity index (χ4n) is 2.75. The van der Waals surface area contributed by atoms with Crippen molar-refractivity contribution in [2.45, 2.75) is 6.42 Å². The van der Waals surface area contributed by atoms with Crippen molar-refractivity contribution in [2.75, 3.05) is 26.1 Å². The largest absolute Gasteiger partial charge is 0.497 e. The van der Waals surface area contributed by atoms with E-state index in [1.165, 1.54) is 19.2 Å². The van der Waals surface area contributed by atoms with Crippen LogP contribution < -0.4 is 14.8 Å². The van der Waals surface area contributed by atoms with Crippen LogP contribution in [0.1, 0.15) is 11.1 Å². The Morgan fingerprint density at radius 1 is 1.07 bits per heavy atom. The lowest BCUT2D eigenvalue weighted by atomic mass is 10.1. The number of methoxy groups -OCH3 is 2. The molecule has 29 heavy (non-hydrogen) atoms. The Morgan fingerprint density at radius 2 is 1.86 bits per heavy atom. The normalized spacial score (nSPS) is 10.9. The minimum atomic E-state index is -0.495. The molecule has 0 spiro atoms. The maximum Gasteiger partial charge on any atom is 0.318 e. The first kappa shape index (κ1) is 20.1. The highest BCUT2D eigenvalue weighted by molar-refractivity contribution is 5.82. The summed E-state index contributed by atoms with van der Waals surface area (Å²) in [6.07, 6.45) is 1.82. The van der Waals surface area contributed by atoms with Crippen LogP contribution in [0.15, 0.2) is 53.7 Å². The number of oxime groups is 1. The van der Waals surface area contributed by atoms with Crippen molar-refractivity contribution < 1.29 is 19.1 Å². The summed E-state index contributed by atoms with van der Waals surface area (Å²) in [7, 11) is 3.12. The predicted molar refractivity (Wildman–Crippen MR) is 109 cm³/mol. The van der Waals surface area contributed by atoms with Crippen LogP contribution >= 0.6 is 0 Å². The standard InChI is InChI=1S/C21H21FN4O3/c1-28-17-6-3-14(4-7-17)9-10-23-20-12-19(25-21(26-20)29-2)15-5-8-18(22)16(11-15)13-24-27/h3-8,11-13,27H,9-10H2,1-2H3,(H,23,25,26)/b24-13-. The van der Waals surface area contributed by atoms with E-state index in [0.717, 1.165) is 23.9 Å². The van der Waals surface area contributed by atoms with Crippen LogP contribution in [-0.2, 0) is 6.42 Å². The third kappa shape index (κ3) is 5.19. The number of aromatic nitrogens is 2. The molecule has 7 nitrogen and oxygen atoms in total. The summed E-state index contributed by atoms with van der Waals surface area (Å²) in [6, 6.07) is 14.2. The molecule has 0 saturated heterocycles. The molecule has 0 saturated carbocycles. The van der Waals surface area contributed by atoms with Crippen molar-refractivity contribution in [3.05, 3.63) is 65.5 Å². The van der Waals surface area contributed by atoms with Crippen molar-refractivity contribution in [3.63, 3.8) is 0 Å². The third-order valence-electron chi connectivity index (χ3n) is 4.26. The molecule has 0 aliphatic heterocycles. The number of nitrogens with zero attached hydrogens (tertiary/aromatic N) is 3. The number of halogens is 1. The second-order valence-corrected chi connectivity index (χ2v) is 6.13. The number of nitrogens with one attached hydrogen (secondary N) is 1. The van der Waals surface area contributed by atoms with E-state index in [0.29, 0.717) is 23.6 Å². The van der Waals surface area contributed by atoms with E-state index in [1.807, 2.05) is 24.3 Å². The van der Waals surface area contributed by atoms with Gasteiger partial charge in [-0.2, -0.15) is 9.97 Å². The molecule has 3 rings (SSSR count). The van der Waals surface area contributed by atoms with E-state index in [4.69, 9.17) is 14.7 Å². The number of rotatable bonds is 8. The summed E-state index contributed by atoms with van der Waals surface area (Å²) in [5.74, 6) is 0.907. The van der Waals surface area contributed by atoms with Gasteiger partial charge in [-0.1, -0.05) is 17.3 Å². The van der Waals surface area contributed by atoms with E-state index in [9.17, 15) is 4.39 Å². The van der Waals surface area contributed by atoms with Gasteiger partial charge in [0, 0.05) is 23.7 Å². The molecule has 0 unspecified atom stereocenters. The van der Waals surface area contributed by atoms with Gasteiger partial charge in [0.25, 0.3) is 0 Å². The van der Waals surface area contributed by atoms with Gasteiger partial charge in [-0.3, -0.25) is 0 Å². The number of hydrogen-bond acceptors (Lipinski definition) is 7. The highest BCUT2D eigenvalue weighted by Gasteiger charge is 2.10. The molecular weight excluding hydrogens is 375 g/mol. The van der Waals surface area contributed by atoms with Crippen molar-refractivity contribution in [3.8, 4) is 23.0 Å². The molecule has 2 N–H and O–H groups in total. The molecule has 1 heterocycles. The third-order valence-corrected chi connectivity index (χ3v) is 4.26. The smallest absolute Gasteiger partial charge is 0.318 e. The minimum absolute atomic E-state index is 0.150. The van der Waals surface area contributed by atoms with Crippen LogP contribution in [0, 0.1) is 5.82 Å². The van der Waals surface area contributed by atoms with Crippen LogP contribution in [0.5, 0.6) is 11.8 Å². The highest BCUT2D eigenvalue weighted by atomic mass is 19.1. The lowest BCUT2D eigenvalue weighted by Gasteiger charge is -2.10. The summed E-state index contributed by atoms with van der Waals surface area (Å²) in [4.78, 5) is 8.63. The quantitative estimate of drug-likeness (QED) is 0.342. The second kappa shape index (κ2) is 9.50. The van der Waals surface area contributed by atoms with Crippen LogP contribution in [0.4, 0.5) is 10.2 Å². The van der Waals surface area contributed by atoms with Gasteiger partial charge in [0.1, 0.15) is 17.4 Å². The molecule has 150 valence electrons. The van der Waals surface area contributed by atoms with Gasteiger partial charge < -0.3 is 20.0 Å². The van der Waals surface area contributed by atoms with E-state index >= 15 is 0 Å². The Hall–Kier alpha value is -3.68. The first-order chi connectivity index (χ1) is 14.1. The monoisotopic (exact) mass is 396 g/mol. The van der Waals surface area contributed by atoms with Gasteiger partial charge in [0.05, 0.1) is 26.1 Å². The van der Waals surface area contributed by atoms with Crippen molar-refractivity contribution in [1.82, 2.24) is 9.97 Å². The van der Waals surface area contributed by atoms with E-state index in [-0.39, 0.29) is 11.6 Å². The summed E-state index contributed by atoms with van der Waals surface area (Å²) < 4.78 is 24.1. The molecule has 0 aliphatic rings. The SMILES string of the molecule is COc1ccc(CCNc2cc(-c3ccc(F)c(/C=N\O)c3)nc(OC)n2)cc1. The zero-order valence-electron chi connectivity index (χ0n) is 16.1. The lowest BCUT2D eigenvalue weighted by Crippen LogP contribution is -2.08. The van der Waals surface area contributed by atoms with E-state index < -0.39 is 5.82 Å². The van der Waals surface area contributed by atoms with Crippen molar-refractivity contribution in [2.24, 2.45) is 5.16 Å². The molecule has 0 atom stereocenters. The highest BCUT2D eigenvalue weighted by Crippen LogP contribution is 2.24. The number of hydrogen-bond donors (Lipinski definition) is 2. The first-order valence-corrected chi connectivity index (χ1v) is 8.90. The fraction of sp³-hybridized carbons (Fsp3) is 0.190. The fourth-order valence-corrected chi connectivity index (χ4v) is 2.75. The molecule has 0 fully saturated rings. The van der Waals surface area contributed by atoms with Gasteiger partial charge in [-0.05, 0) is 42.3 Å². The number of anilines is 1. The Labute approximate surface area is 167 Å². The molecule has 0 radical (unpaired) electrons. The lowest BCUT2D eigenvalue weighted by molar-refractivity contribution is 0.321. The second-order valence-electron chi connectivity index (χ2n) is 6.13. The van der Waals surface area contributed by atoms with Crippen molar-refractivity contribution >= 4 is 12.0 Å². The average molecular weight is 396 g/mol. The van der Waals surface area contributed by atoms with Crippen LogP contribution in [-0.4, -0.2) is 42.2 Å². The van der Waals surface area contributed by atoms with Gasteiger partial charge in [-0.15, -0.1) is 0 Å². The van der Waals surface area contributed by atoms with E-state index in [1.54, 1.807) is 19.2 Å². The molecule has 1 aromatic heterocycles. The molecule has 0 amide bonds. The minimum Gasteiger partial charge on any atom is -0.497 e. The van der Waals surface area contributed by atoms with Crippen LogP contribution in [0.2, 0.25) is 0 Å². The predicted octanol–water partition coefficient (Wildman–Crippen LogP) is 3.76. The summed E-state index contributed by atoms with van der Waals surface area (Å²) in [5.41, 5.74) is 2.50. The molecule has 0 aliphatic carbocycles. The van der Waals surface area contributed by atoms with Gasteiger partial charge >= 0.3 is 6.01 Å². The number of ether oxygens (including phenoxy) is 2. The maximum absolute atomic E-state index is 13.8. The number of benzene rings is 2. The molecular formula is C21H21FN4O3.